The Morgan fingerprint density at radius 2 is 2.26 bits per heavy atom. The van der Waals surface area contributed by atoms with Crippen LogP contribution in [-0.4, -0.2) is 28.1 Å². The fraction of sp³-hybridized carbons (Fsp3) is 0.0833. The Morgan fingerprint density at radius 3 is 2.95 bits per heavy atom. The minimum absolute atomic E-state index is 0.241. The summed E-state index contributed by atoms with van der Waals surface area (Å²) < 4.78 is 5.14. The first kappa shape index (κ1) is 11.7. The topological polar surface area (TPSA) is 79.0 Å². The number of fused-ring (bicyclic) bond motifs is 1. The molecule has 6 nitrogen and oxygen atoms in total. The van der Waals surface area contributed by atoms with Crippen LogP contribution in [0.3, 0.4) is 0 Å². The summed E-state index contributed by atoms with van der Waals surface area (Å²) in [6, 6.07) is 1.86. The van der Waals surface area contributed by atoms with Crippen molar-refractivity contribution in [3.8, 4) is 5.75 Å². The van der Waals surface area contributed by atoms with Gasteiger partial charge in [-0.2, -0.15) is 0 Å². The van der Waals surface area contributed by atoms with Crippen molar-refractivity contribution in [2.75, 3.05) is 7.11 Å². The summed E-state index contributed by atoms with van der Waals surface area (Å²) in [6.45, 7) is 0. The highest BCUT2D eigenvalue weighted by molar-refractivity contribution is 7.80. The van der Waals surface area contributed by atoms with E-state index in [-0.39, 0.29) is 5.91 Å². The molecule has 0 spiro atoms. The maximum atomic E-state index is 11.6. The van der Waals surface area contributed by atoms with Crippen molar-refractivity contribution in [1.29, 1.82) is 0 Å². The highest BCUT2D eigenvalue weighted by Gasteiger charge is 2.20. The van der Waals surface area contributed by atoms with Gasteiger partial charge in [0.25, 0.3) is 5.91 Å². The first-order chi connectivity index (χ1) is 9.17. The predicted molar refractivity (Wildman–Crippen MR) is 74.5 cm³/mol. The lowest BCUT2D eigenvalue weighted by Crippen LogP contribution is -2.21. The molecule has 1 aliphatic heterocycles. The van der Waals surface area contributed by atoms with Crippen molar-refractivity contribution in [3.05, 3.63) is 29.7 Å². The van der Waals surface area contributed by atoms with E-state index >= 15 is 0 Å². The maximum Gasteiger partial charge on any atom is 0.273 e. The SMILES string of the molecule is COc1cnc2[nH]cc(/C=C3\NC(=S)NC3=O)c2c1. The summed E-state index contributed by atoms with van der Waals surface area (Å²) in [6.07, 6.45) is 5.13. The van der Waals surface area contributed by atoms with Gasteiger partial charge in [0.2, 0.25) is 0 Å². The van der Waals surface area contributed by atoms with Gasteiger partial charge in [0, 0.05) is 17.1 Å². The van der Waals surface area contributed by atoms with Gasteiger partial charge in [-0.1, -0.05) is 0 Å². The lowest BCUT2D eigenvalue weighted by molar-refractivity contribution is -0.115. The molecule has 3 rings (SSSR count). The number of carbonyl (C=O) groups is 1. The van der Waals surface area contributed by atoms with E-state index < -0.39 is 0 Å². The van der Waals surface area contributed by atoms with Gasteiger partial charge in [-0.3, -0.25) is 10.1 Å². The molecule has 19 heavy (non-hydrogen) atoms. The Labute approximate surface area is 113 Å². The minimum atomic E-state index is -0.241. The van der Waals surface area contributed by atoms with Crippen LogP contribution >= 0.6 is 12.2 Å². The quantitative estimate of drug-likeness (QED) is 0.560. The molecule has 3 heterocycles. The standard InChI is InChI=1S/C12H10N4O2S/c1-18-7-3-8-6(4-13-10(8)14-5-7)2-9-11(17)16-12(19)15-9/h2-5H,1H3,(H,13,14)(H2,15,16,17,19)/b9-2-. The maximum absolute atomic E-state index is 11.6. The molecule has 0 saturated carbocycles. The molecule has 1 saturated heterocycles. The van der Waals surface area contributed by atoms with Crippen LogP contribution in [0.15, 0.2) is 24.2 Å². The van der Waals surface area contributed by atoms with E-state index in [0.717, 1.165) is 16.6 Å². The van der Waals surface area contributed by atoms with Crippen molar-refractivity contribution in [2.45, 2.75) is 0 Å². The molecule has 0 atom stereocenters. The monoisotopic (exact) mass is 274 g/mol. The first-order valence-electron chi connectivity index (χ1n) is 5.52. The molecule has 96 valence electrons. The average Bonchev–Trinajstić information content (AvgIpc) is 2.93. The molecule has 3 N–H and O–H groups in total. The molecular formula is C12H10N4O2S. The molecule has 1 aliphatic rings. The Balaban J connectivity index is 2.08. The van der Waals surface area contributed by atoms with Crippen molar-refractivity contribution < 1.29 is 9.53 Å². The fourth-order valence-corrected chi connectivity index (χ4v) is 2.08. The molecule has 0 radical (unpaired) electrons. The number of nitrogens with one attached hydrogen (secondary N) is 3. The highest BCUT2D eigenvalue weighted by atomic mass is 32.1. The second kappa shape index (κ2) is 4.36. The van der Waals surface area contributed by atoms with Gasteiger partial charge in [-0.25, -0.2) is 4.98 Å². The van der Waals surface area contributed by atoms with Crippen LogP contribution in [-0.2, 0) is 4.79 Å². The number of aromatic nitrogens is 2. The second-order valence-corrected chi connectivity index (χ2v) is 4.39. The number of rotatable bonds is 2. The molecular weight excluding hydrogens is 264 g/mol. The van der Waals surface area contributed by atoms with Crippen molar-refractivity contribution in [2.24, 2.45) is 0 Å². The third kappa shape index (κ3) is 2.04. The molecule has 1 amide bonds. The van der Waals surface area contributed by atoms with Crippen molar-refractivity contribution in [3.63, 3.8) is 0 Å². The largest absolute Gasteiger partial charge is 0.495 e. The minimum Gasteiger partial charge on any atom is -0.495 e. The van der Waals surface area contributed by atoms with Crippen LogP contribution in [0.5, 0.6) is 5.75 Å². The number of H-pyrrole nitrogens is 1. The number of hydrogen-bond donors (Lipinski definition) is 3. The number of amides is 1. The number of carbonyl (C=O) groups excluding carboxylic acids is 1. The van der Waals surface area contributed by atoms with Gasteiger partial charge in [0.1, 0.15) is 17.1 Å². The number of ether oxygens (including phenoxy) is 1. The summed E-state index contributed by atoms with van der Waals surface area (Å²) >= 11 is 4.88. The summed E-state index contributed by atoms with van der Waals surface area (Å²) in [7, 11) is 1.58. The molecule has 2 aromatic heterocycles. The number of aromatic amines is 1. The number of methoxy groups -OCH3 is 1. The summed E-state index contributed by atoms with van der Waals surface area (Å²) in [5.41, 5.74) is 1.98. The van der Waals surface area contributed by atoms with E-state index in [1.807, 2.05) is 6.07 Å². The first-order valence-corrected chi connectivity index (χ1v) is 5.93. The van der Waals surface area contributed by atoms with E-state index in [1.54, 1.807) is 25.6 Å². The van der Waals surface area contributed by atoms with Gasteiger partial charge in [0.15, 0.2) is 5.11 Å². The van der Waals surface area contributed by atoms with E-state index in [1.165, 1.54) is 0 Å². The molecule has 2 aromatic rings. The predicted octanol–water partition coefficient (Wildman–Crippen LogP) is 0.917. The Bertz CT molecular complexity index is 720. The summed E-state index contributed by atoms with van der Waals surface area (Å²) in [4.78, 5) is 18.9. The van der Waals surface area contributed by atoms with Gasteiger partial charge in [-0.05, 0) is 24.4 Å². The van der Waals surface area contributed by atoms with Crippen LogP contribution in [0.2, 0.25) is 0 Å². The zero-order valence-electron chi connectivity index (χ0n) is 9.98. The number of hydrogen-bond acceptors (Lipinski definition) is 4. The molecule has 0 aromatic carbocycles. The third-order valence-electron chi connectivity index (χ3n) is 2.79. The van der Waals surface area contributed by atoms with Crippen LogP contribution < -0.4 is 15.4 Å². The fourth-order valence-electron chi connectivity index (χ4n) is 1.87. The smallest absolute Gasteiger partial charge is 0.273 e. The van der Waals surface area contributed by atoms with Gasteiger partial charge in [0.05, 0.1) is 13.3 Å². The van der Waals surface area contributed by atoms with Crippen LogP contribution in [0.1, 0.15) is 5.56 Å². The number of pyridine rings is 1. The number of nitrogens with zero attached hydrogens (tertiary/aromatic N) is 1. The molecule has 0 bridgehead atoms. The lowest BCUT2D eigenvalue weighted by Gasteiger charge is -1.99. The molecule has 1 fully saturated rings. The van der Waals surface area contributed by atoms with Crippen LogP contribution in [0.25, 0.3) is 17.1 Å². The lowest BCUT2D eigenvalue weighted by atomic mass is 10.2. The average molecular weight is 274 g/mol. The number of thiocarbonyl (C=S) groups is 1. The summed E-state index contributed by atoms with van der Waals surface area (Å²) in [5, 5.41) is 6.50. The normalized spacial score (nSPS) is 16.8. The van der Waals surface area contributed by atoms with E-state index in [2.05, 4.69) is 20.6 Å². The van der Waals surface area contributed by atoms with E-state index in [9.17, 15) is 4.79 Å². The van der Waals surface area contributed by atoms with Gasteiger partial charge < -0.3 is 15.0 Å². The molecule has 0 unspecified atom stereocenters. The van der Waals surface area contributed by atoms with Crippen molar-refractivity contribution >= 4 is 40.3 Å². The van der Waals surface area contributed by atoms with Gasteiger partial charge in [-0.15, -0.1) is 0 Å². The van der Waals surface area contributed by atoms with E-state index in [0.29, 0.717) is 16.6 Å². The summed E-state index contributed by atoms with van der Waals surface area (Å²) in [5.74, 6) is 0.418. The Morgan fingerprint density at radius 1 is 1.42 bits per heavy atom. The third-order valence-corrected chi connectivity index (χ3v) is 3.00. The zero-order valence-corrected chi connectivity index (χ0v) is 10.8. The van der Waals surface area contributed by atoms with E-state index in [4.69, 9.17) is 17.0 Å². The van der Waals surface area contributed by atoms with Gasteiger partial charge >= 0.3 is 0 Å². The van der Waals surface area contributed by atoms with Crippen LogP contribution in [0.4, 0.5) is 0 Å². The zero-order chi connectivity index (χ0) is 13.4. The van der Waals surface area contributed by atoms with Crippen LogP contribution in [0, 0.1) is 0 Å². The van der Waals surface area contributed by atoms with Crippen molar-refractivity contribution in [1.82, 2.24) is 20.6 Å². The Kier molecular flexibility index (Phi) is 2.68. The highest BCUT2D eigenvalue weighted by Crippen LogP contribution is 2.23. The second-order valence-electron chi connectivity index (χ2n) is 3.98. The molecule has 7 heteroatoms. The Hall–Kier alpha value is -2.41. The molecule has 0 aliphatic carbocycles.